The lowest BCUT2D eigenvalue weighted by Gasteiger charge is -2.22. The molecule has 0 amide bonds. The fourth-order valence-corrected chi connectivity index (χ4v) is 3.05. The van der Waals surface area contributed by atoms with Gasteiger partial charge in [0.2, 0.25) is 10.0 Å². The molecule has 1 N–H and O–H groups in total. The number of hydrogen-bond donors (Lipinski definition) is 1. The number of anilines is 1. The number of benzene rings is 1. The van der Waals surface area contributed by atoms with Gasteiger partial charge < -0.3 is 10.2 Å². The molecule has 2 rings (SSSR count). The lowest BCUT2D eigenvalue weighted by Crippen LogP contribution is -2.28. The van der Waals surface area contributed by atoms with Gasteiger partial charge in [0.25, 0.3) is 0 Å². The lowest BCUT2D eigenvalue weighted by atomic mass is 10.2. The molecule has 6 heteroatoms. The van der Waals surface area contributed by atoms with Crippen molar-refractivity contribution in [2.75, 3.05) is 45.2 Å². The van der Waals surface area contributed by atoms with Crippen LogP contribution in [-0.2, 0) is 10.0 Å². The first-order valence-corrected chi connectivity index (χ1v) is 7.94. The third kappa shape index (κ3) is 3.26. The maximum absolute atomic E-state index is 12.0. The Hall–Kier alpha value is -1.11. The summed E-state index contributed by atoms with van der Waals surface area (Å²) in [7, 11) is -0.238. The minimum atomic E-state index is -3.33. The van der Waals surface area contributed by atoms with Crippen molar-refractivity contribution in [3.05, 3.63) is 24.3 Å². The van der Waals surface area contributed by atoms with Crippen molar-refractivity contribution in [1.29, 1.82) is 0 Å². The minimum absolute atomic E-state index is 0.342. The molecule has 0 atom stereocenters. The molecule has 5 nitrogen and oxygen atoms in total. The molecule has 1 aromatic carbocycles. The summed E-state index contributed by atoms with van der Waals surface area (Å²) in [5.74, 6) is 0. The Morgan fingerprint density at radius 2 is 1.79 bits per heavy atom. The van der Waals surface area contributed by atoms with Crippen LogP contribution in [0.2, 0.25) is 0 Å². The van der Waals surface area contributed by atoms with E-state index in [1.807, 2.05) is 12.1 Å². The first-order valence-electron chi connectivity index (χ1n) is 6.50. The summed E-state index contributed by atoms with van der Waals surface area (Å²) in [6.07, 6.45) is 1.11. The number of hydrogen-bond acceptors (Lipinski definition) is 4. The van der Waals surface area contributed by atoms with Crippen LogP contribution < -0.4 is 10.2 Å². The van der Waals surface area contributed by atoms with Gasteiger partial charge in [-0.05, 0) is 37.2 Å². The van der Waals surface area contributed by atoms with Crippen LogP contribution >= 0.6 is 0 Å². The Balaban J connectivity index is 2.18. The van der Waals surface area contributed by atoms with E-state index in [9.17, 15) is 8.42 Å². The summed E-state index contributed by atoms with van der Waals surface area (Å²) in [5, 5.41) is 3.35. The predicted molar refractivity (Wildman–Crippen MR) is 77.0 cm³/mol. The molecule has 1 saturated heterocycles. The van der Waals surface area contributed by atoms with Gasteiger partial charge in [-0.3, -0.25) is 0 Å². The Morgan fingerprint density at radius 1 is 1.11 bits per heavy atom. The summed E-state index contributed by atoms with van der Waals surface area (Å²) < 4.78 is 25.2. The van der Waals surface area contributed by atoms with Gasteiger partial charge in [-0.25, -0.2) is 12.7 Å². The first-order chi connectivity index (χ1) is 9.01. The molecule has 106 valence electrons. The lowest BCUT2D eigenvalue weighted by molar-refractivity contribution is 0.521. The van der Waals surface area contributed by atoms with Gasteiger partial charge in [-0.2, -0.15) is 0 Å². The SMILES string of the molecule is CN(C)S(=O)(=O)c1ccc(N2CCCNCC2)cc1. The molecule has 0 unspecified atom stereocenters. The van der Waals surface area contributed by atoms with Crippen LogP contribution in [0.3, 0.4) is 0 Å². The zero-order valence-corrected chi connectivity index (χ0v) is 12.3. The van der Waals surface area contributed by atoms with Crippen LogP contribution in [0.1, 0.15) is 6.42 Å². The van der Waals surface area contributed by atoms with E-state index in [0.717, 1.165) is 38.3 Å². The van der Waals surface area contributed by atoms with Crippen molar-refractivity contribution in [1.82, 2.24) is 9.62 Å². The van der Waals surface area contributed by atoms with E-state index < -0.39 is 10.0 Å². The largest absolute Gasteiger partial charge is 0.370 e. The van der Waals surface area contributed by atoms with E-state index >= 15 is 0 Å². The highest BCUT2D eigenvalue weighted by Gasteiger charge is 2.17. The highest BCUT2D eigenvalue weighted by atomic mass is 32.2. The second-order valence-corrected chi connectivity index (χ2v) is 7.02. The van der Waals surface area contributed by atoms with Gasteiger partial charge in [0, 0.05) is 39.4 Å². The minimum Gasteiger partial charge on any atom is -0.370 e. The van der Waals surface area contributed by atoms with Gasteiger partial charge in [-0.15, -0.1) is 0 Å². The topological polar surface area (TPSA) is 52.7 Å². The van der Waals surface area contributed by atoms with E-state index in [1.165, 1.54) is 4.31 Å². The van der Waals surface area contributed by atoms with E-state index in [-0.39, 0.29) is 0 Å². The van der Waals surface area contributed by atoms with E-state index in [0.29, 0.717) is 4.90 Å². The zero-order valence-electron chi connectivity index (χ0n) is 11.5. The third-order valence-corrected chi connectivity index (χ3v) is 5.15. The Bertz CT molecular complexity index is 503. The molecule has 0 saturated carbocycles. The molecular weight excluding hydrogens is 262 g/mol. The molecule has 1 heterocycles. The molecule has 19 heavy (non-hydrogen) atoms. The second-order valence-electron chi connectivity index (χ2n) is 4.87. The maximum Gasteiger partial charge on any atom is 0.242 e. The summed E-state index contributed by atoms with van der Waals surface area (Å²) in [6.45, 7) is 3.98. The Kier molecular flexibility index (Phi) is 4.44. The standard InChI is InChI=1S/C13H21N3O2S/c1-15(2)19(17,18)13-6-4-12(5-7-13)16-10-3-8-14-9-11-16/h4-7,14H,3,8-11H2,1-2H3. The third-order valence-electron chi connectivity index (χ3n) is 3.32. The van der Waals surface area contributed by atoms with Gasteiger partial charge in [0.1, 0.15) is 0 Å². The highest BCUT2D eigenvalue weighted by Crippen LogP contribution is 2.20. The number of nitrogens with zero attached hydrogens (tertiary/aromatic N) is 2. The first kappa shape index (κ1) is 14.3. The monoisotopic (exact) mass is 283 g/mol. The number of rotatable bonds is 3. The summed E-state index contributed by atoms with van der Waals surface area (Å²) in [5.41, 5.74) is 1.08. The summed E-state index contributed by atoms with van der Waals surface area (Å²) in [4.78, 5) is 2.63. The van der Waals surface area contributed by atoms with Crippen molar-refractivity contribution in [3.8, 4) is 0 Å². The molecule has 0 radical (unpaired) electrons. The predicted octanol–water partition coefficient (Wildman–Crippen LogP) is 0.737. The second kappa shape index (κ2) is 5.90. The van der Waals surface area contributed by atoms with Gasteiger partial charge in [0.05, 0.1) is 4.90 Å². The Morgan fingerprint density at radius 3 is 2.42 bits per heavy atom. The number of nitrogens with one attached hydrogen (secondary N) is 1. The van der Waals surface area contributed by atoms with Crippen LogP contribution in [0.15, 0.2) is 29.2 Å². The summed E-state index contributed by atoms with van der Waals surface area (Å²) in [6, 6.07) is 7.15. The summed E-state index contributed by atoms with van der Waals surface area (Å²) >= 11 is 0. The smallest absolute Gasteiger partial charge is 0.242 e. The fraction of sp³-hybridized carbons (Fsp3) is 0.538. The van der Waals surface area contributed by atoms with Crippen molar-refractivity contribution in [2.24, 2.45) is 0 Å². The highest BCUT2D eigenvalue weighted by molar-refractivity contribution is 7.89. The van der Waals surface area contributed by atoms with Gasteiger partial charge >= 0.3 is 0 Å². The van der Waals surface area contributed by atoms with Crippen LogP contribution in [-0.4, -0.2) is 53.0 Å². The zero-order chi connectivity index (χ0) is 13.9. The number of sulfonamides is 1. The average Bonchev–Trinajstić information content (AvgIpc) is 2.67. The quantitative estimate of drug-likeness (QED) is 0.889. The molecular formula is C13H21N3O2S. The van der Waals surface area contributed by atoms with Crippen LogP contribution in [0, 0.1) is 0 Å². The maximum atomic E-state index is 12.0. The van der Waals surface area contributed by atoms with Gasteiger partial charge in [-0.1, -0.05) is 0 Å². The molecule has 0 aromatic heterocycles. The van der Waals surface area contributed by atoms with Crippen LogP contribution in [0.4, 0.5) is 5.69 Å². The van der Waals surface area contributed by atoms with Crippen molar-refractivity contribution < 1.29 is 8.42 Å². The Labute approximate surface area is 115 Å². The van der Waals surface area contributed by atoms with Crippen molar-refractivity contribution in [2.45, 2.75) is 11.3 Å². The molecule has 0 aliphatic carbocycles. The molecule has 0 bridgehead atoms. The van der Waals surface area contributed by atoms with Crippen molar-refractivity contribution in [3.63, 3.8) is 0 Å². The molecule has 1 aromatic rings. The van der Waals surface area contributed by atoms with E-state index in [2.05, 4.69) is 10.2 Å². The van der Waals surface area contributed by atoms with Crippen LogP contribution in [0.5, 0.6) is 0 Å². The van der Waals surface area contributed by atoms with Crippen LogP contribution in [0.25, 0.3) is 0 Å². The van der Waals surface area contributed by atoms with E-state index in [4.69, 9.17) is 0 Å². The molecule has 1 aliphatic rings. The van der Waals surface area contributed by atoms with Crippen molar-refractivity contribution >= 4 is 15.7 Å². The van der Waals surface area contributed by atoms with E-state index in [1.54, 1.807) is 26.2 Å². The molecule has 1 aliphatic heterocycles. The normalized spacial score (nSPS) is 17.5. The van der Waals surface area contributed by atoms with Gasteiger partial charge in [0.15, 0.2) is 0 Å². The molecule has 0 spiro atoms. The fourth-order valence-electron chi connectivity index (χ4n) is 2.14. The molecule has 1 fully saturated rings. The average molecular weight is 283 g/mol.